The van der Waals surface area contributed by atoms with Gasteiger partial charge in [0, 0.05) is 23.0 Å². The molecule has 0 amide bonds. The molecule has 4 rings (SSSR count). The number of anilines is 2. The summed E-state index contributed by atoms with van der Waals surface area (Å²) in [6.45, 7) is 0.857. The molecule has 0 aliphatic carbocycles. The Morgan fingerprint density at radius 1 is 1.03 bits per heavy atom. The van der Waals surface area contributed by atoms with E-state index in [2.05, 4.69) is 36.8 Å². The Kier molecular flexibility index (Phi) is 6.64. The van der Waals surface area contributed by atoms with Crippen LogP contribution in [0.2, 0.25) is 5.02 Å². The predicted octanol–water partition coefficient (Wildman–Crippen LogP) is 5.54. The summed E-state index contributed by atoms with van der Waals surface area (Å²) in [7, 11) is 0. The molecule has 0 saturated carbocycles. The minimum atomic E-state index is -0.377. The van der Waals surface area contributed by atoms with Crippen LogP contribution in [0.25, 0.3) is 0 Å². The van der Waals surface area contributed by atoms with Gasteiger partial charge in [-0.1, -0.05) is 48.0 Å². The standard InChI is InChI=1S/C21H17BrClFN6S/c22-17-13-30(12-16-18(23)7-4-8-19(16)24)28-20(17)27-21(31)26-15-9-25-29(11-15)10-14-5-2-1-3-6-14/h1-9,11,13H,10,12H2,(H2,26,27,28,31). The molecule has 0 saturated heterocycles. The number of hydrogen-bond donors (Lipinski definition) is 2. The molecule has 4 aromatic rings. The van der Waals surface area contributed by atoms with E-state index in [0.29, 0.717) is 32.5 Å². The first-order chi connectivity index (χ1) is 15.0. The smallest absolute Gasteiger partial charge is 0.176 e. The van der Waals surface area contributed by atoms with Crippen LogP contribution in [0.5, 0.6) is 0 Å². The molecule has 2 aromatic heterocycles. The van der Waals surface area contributed by atoms with E-state index in [0.717, 1.165) is 11.3 Å². The summed E-state index contributed by atoms with van der Waals surface area (Å²) in [5, 5.41) is 15.6. The maximum atomic E-state index is 14.0. The molecule has 10 heteroatoms. The minimum absolute atomic E-state index is 0.193. The molecule has 0 bridgehead atoms. The van der Waals surface area contributed by atoms with Gasteiger partial charge in [-0.25, -0.2) is 4.39 Å². The summed E-state index contributed by atoms with van der Waals surface area (Å²) >= 11 is 14.9. The number of halogens is 3. The molecule has 2 N–H and O–H groups in total. The van der Waals surface area contributed by atoms with Gasteiger partial charge in [0.05, 0.1) is 29.4 Å². The zero-order valence-electron chi connectivity index (χ0n) is 16.1. The van der Waals surface area contributed by atoms with E-state index in [9.17, 15) is 4.39 Å². The van der Waals surface area contributed by atoms with Gasteiger partial charge < -0.3 is 10.6 Å². The highest BCUT2D eigenvalue weighted by molar-refractivity contribution is 9.10. The third kappa shape index (κ3) is 5.49. The second kappa shape index (κ2) is 9.59. The quantitative estimate of drug-likeness (QED) is 0.328. The van der Waals surface area contributed by atoms with Crippen LogP contribution in [-0.2, 0) is 13.1 Å². The molecule has 0 atom stereocenters. The number of nitrogens with zero attached hydrogens (tertiary/aromatic N) is 4. The lowest BCUT2D eigenvalue weighted by atomic mass is 10.2. The Balaban J connectivity index is 1.38. The Labute approximate surface area is 197 Å². The summed E-state index contributed by atoms with van der Waals surface area (Å²) in [6.07, 6.45) is 5.30. The van der Waals surface area contributed by atoms with E-state index in [4.69, 9.17) is 23.8 Å². The molecular weight excluding hydrogens is 503 g/mol. The Hall–Kier alpha value is -2.75. The first-order valence-corrected chi connectivity index (χ1v) is 10.9. The highest BCUT2D eigenvalue weighted by Crippen LogP contribution is 2.24. The molecule has 6 nitrogen and oxygen atoms in total. The van der Waals surface area contributed by atoms with E-state index in [1.807, 2.05) is 41.2 Å². The predicted molar refractivity (Wildman–Crippen MR) is 128 cm³/mol. The molecule has 0 aliphatic heterocycles. The number of nitrogens with one attached hydrogen (secondary N) is 2. The highest BCUT2D eigenvalue weighted by atomic mass is 79.9. The van der Waals surface area contributed by atoms with Crippen molar-refractivity contribution in [2.75, 3.05) is 10.6 Å². The topological polar surface area (TPSA) is 59.7 Å². The first kappa shape index (κ1) is 21.5. The van der Waals surface area contributed by atoms with Gasteiger partial charge in [0.1, 0.15) is 5.82 Å². The van der Waals surface area contributed by atoms with Crippen LogP contribution in [0.3, 0.4) is 0 Å². The molecule has 2 aromatic carbocycles. The van der Waals surface area contributed by atoms with Gasteiger partial charge in [0.2, 0.25) is 0 Å². The summed E-state index contributed by atoms with van der Waals surface area (Å²) < 4.78 is 18.1. The molecule has 0 spiro atoms. The SMILES string of the molecule is Fc1cccc(Cl)c1Cn1cc(Br)c(NC(=S)Nc2cnn(Cc3ccccc3)c2)n1. The van der Waals surface area contributed by atoms with Crippen LogP contribution in [0.4, 0.5) is 15.9 Å². The van der Waals surface area contributed by atoms with Crippen LogP contribution < -0.4 is 10.6 Å². The molecule has 0 unspecified atom stereocenters. The molecule has 0 radical (unpaired) electrons. The Morgan fingerprint density at radius 2 is 1.84 bits per heavy atom. The van der Waals surface area contributed by atoms with Crippen LogP contribution in [0, 0.1) is 5.82 Å². The van der Waals surface area contributed by atoms with Crippen molar-refractivity contribution in [3.05, 3.63) is 93.6 Å². The summed E-state index contributed by atoms with van der Waals surface area (Å²) in [4.78, 5) is 0. The number of aromatic nitrogens is 4. The summed E-state index contributed by atoms with van der Waals surface area (Å²) in [5.74, 6) is 0.125. The van der Waals surface area contributed by atoms with Gasteiger partial charge in [-0.15, -0.1) is 0 Å². The van der Waals surface area contributed by atoms with Crippen LogP contribution in [0.1, 0.15) is 11.1 Å². The van der Waals surface area contributed by atoms with Crippen molar-refractivity contribution in [2.24, 2.45) is 0 Å². The van der Waals surface area contributed by atoms with E-state index in [1.54, 1.807) is 29.2 Å². The fourth-order valence-electron chi connectivity index (χ4n) is 2.96. The van der Waals surface area contributed by atoms with E-state index in [-0.39, 0.29) is 12.4 Å². The van der Waals surface area contributed by atoms with Crippen molar-refractivity contribution in [1.82, 2.24) is 19.6 Å². The second-order valence-electron chi connectivity index (χ2n) is 6.71. The van der Waals surface area contributed by atoms with E-state index >= 15 is 0 Å². The van der Waals surface area contributed by atoms with E-state index in [1.165, 1.54) is 6.07 Å². The Morgan fingerprint density at radius 3 is 2.61 bits per heavy atom. The van der Waals surface area contributed by atoms with Gasteiger partial charge in [-0.2, -0.15) is 10.2 Å². The number of hydrogen-bond acceptors (Lipinski definition) is 3. The van der Waals surface area contributed by atoms with Crippen molar-refractivity contribution >= 4 is 56.4 Å². The largest absolute Gasteiger partial charge is 0.330 e. The summed E-state index contributed by atoms with van der Waals surface area (Å²) in [6, 6.07) is 14.6. The lowest BCUT2D eigenvalue weighted by molar-refractivity contribution is 0.586. The average molecular weight is 520 g/mol. The maximum Gasteiger partial charge on any atom is 0.176 e. The number of benzene rings is 2. The molecule has 158 valence electrons. The second-order valence-corrected chi connectivity index (χ2v) is 8.38. The van der Waals surface area contributed by atoms with Crippen molar-refractivity contribution in [3.63, 3.8) is 0 Å². The molecule has 0 aliphatic rings. The number of rotatable bonds is 6. The number of thiocarbonyl (C=S) groups is 1. The third-order valence-corrected chi connectivity index (χ3v) is 5.55. The molecular formula is C21H17BrClFN6S. The zero-order valence-corrected chi connectivity index (χ0v) is 19.3. The highest BCUT2D eigenvalue weighted by Gasteiger charge is 2.13. The van der Waals surface area contributed by atoms with Crippen molar-refractivity contribution in [2.45, 2.75) is 13.1 Å². The van der Waals surface area contributed by atoms with Gasteiger partial charge >= 0.3 is 0 Å². The van der Waals surface area contributed by atoms with E-state index < -0.39 is 0 Å². The van der Waals surface area contributed by atoms with Crippen LogP contribution >= 0.6 is 39.7 Å². The van der Waals surface area contributed by atoms with Gasteiger partial charge in [-0.05, 0) is 45.8 Å². The Bertz CT molecular complexity index is 1190. The minimum Gasteiger partial charge on any atom is -0.330 e. The van der Waals surface area contributed by atoms with Gasteiger partial charge in [-0.3, -0.25) is 9.36 Å². The van der Waals surface area contributed by atoms with Crippen LogP contribution in [-0.4, -0.2) is 24.7 Å². The molecule has 2 heterocycles. The lowest BCUT2D eigenvalue weighted by Gasteiger charge is -2.07. The molecule has 31 heavy (non-hydrogen) atoms. The fraction of sp³-hybridized carbons (Fsp3) is 0.0952. The van der Waals surface area contributed by atoms with Crippen molar-refractivity contribution in [3.8, 4) is 0 Å². The molecule has 0 fully saturated rings. The maximum absolute atomic E-state index is 14.0. The van der Waals surface area contributed by atoms with Crippen molar-refractivity contribution in [1.29, 1.82) is 0 Å². The average Bonchev–Trinajstić information content (AvgIpc) is 3.31. The van der Waals surface area contributed by atoms with Gasteiger partial charge in [0.25, 0.3) is 0 Å². The van der Waals surface area contributed by atoms with Crippen molar-refractivity contribution < 1.29 is 4.39 Å². The van der Waals surface area contributed by atoms with Crippen LogP contribution in [0.15, 0.2) is 71.6 Å². The zero-order chi connectivity index (χ0) is 21.8. The monoisotopic (exact) mass is 518 g/mol. The van der Waals surface area contributed by atoms with Gasteiger partial charge in [0.15, 0.2) is 10.9 Å². The summed E-state index contributed by atoms with van der Waals surface area (Å²) in [5.41, 5.74) is 2.28. The lowest BCUT2D eigenvalue weighted by Crippen LogP contribution is -2.19. The third-order valence-electron chi connectivity index (χ3n) is 4.41. The first-order valence-electron chi connectivity index (χ1n) is 9.28. The fourth-order valence-corrected chi connectivity index (χ4v) is 3.82. The normalized spacial score (nSPS) is 10.8.